The maximum Gasteiger partial charge on any atom is 0.251 e. The Labute approximate surface area is 161 Å². The molecule has 4 rings (SSSR count). The van der Waals surface area contributed by atoms with Crippen LogP contribution in [0.4, 0.5) is 0 Å². The first kappa shape index (κ1) is 18.2. The topological polar surface area (TPSA) is 50.4 Å². The fourth-order valence-corrected chi connectivity index (χ4v) is 4.92. The number of piperidine rings is 1. The van der Waals surface area contributed by atoms with Gasteiger partial charge in [0.2, 0.25) is 0 Å². The number of carbonyl (C=O) groups is 1. The smallest absolute Gasteiger partial charge is 0.251 e. The van der Waals surface area contributed by atoms with Gasteiger partial charge in [0.1, 0.15) is 0 Å². The molecule has 1 aliphatic carbocycles. The van der Waals surface area contributed by atoms with Crippen molar-refractivity contribution in [2.45, 2.75) is 43.7 Å². The molecule has 142 valence electrons. The molecule has 2 aliphatic rings. The van der Waals surface area contributed by atoms with Gasteiger partial charge < -0.3 is 15.4 Å². The van der Waals surface area contributed by atoms with Gasteiger partial charge in [0.05, 0.1) is 12.1 Å². The molecule has 1 spiro atoms. The van der Waals surface area contributed by atoms with Crippen LogP contribution in [-0.2, 0) is 16.6 Å². The number of ether oxygens (including phenoxy) is 1. The predicted octanol–water partition coefficient (Wildman–Crippen LogP) is 3.37. The largest absolute Gasteiger partial charge is 0.378 e. The van der Waals surface area contributed by atoms with E-state index >= 15 is 0 Å². The van der Waals surface area contributed by atoms with E-state index in [4.69, 9.17) is 4.74 Å². The summed E-state index contributed by atoms with van der Waals surface area (Å²) in [6, 6.07) is 16.3. The fourth-order valence-electron chi connectivity index (χ4n) is 4.92. The fraction of sp³-hybridized carbons (Fsp3) is 0.435. The van der Waals surface area contributed by atoms with Crippen molar-refractivity contribution in [3.05, 3.63) is 70.8 Å². The molecular formula is C23H28N2O2. The van der Waals surface area contributed by atoms with Crippen molar-refractivity contribution in [1.82, 2.24) is 10.6 Å². The molecule has 0 saturated carbocycles. The number of nitrogens with one attached hydrogen (secondary N) is 2. The number of amides is 1. The molecule has 1 aliphatic heterocycles. The molecule has 0 bridgehead atoms. The quantitative estimate of drug-likeness (QED) is 0.875. The minimum absolute atomic E-state index is 0.0272. The summed E-state index contributed by atoms with van der Waals surface area (Å²) in [6.07, 6.45) is 2.98. The van der Waals surface area contributed by atoms with Crippen molar-refractivity contribution < 1.29 is 9.53 Å². The van der Waals surface area contributed by atoms with Gasteiger partial charge in [-0.1, -0.05) is 43.3 Å². The van der Waals surface area contributed by atoms with E-state index in [9.17, 15) is 4.79 Å². The number of methoxy groups -OCH3 is 1. The number of hydrogen-bond acceptors (Lipinski definition) is 3. The maximum atomic E-state index is 13.0. The first-order valence-electron chi connectivity index (χ1n) is 9.92. The van der Waals surface area contributed by atoms with Crippen molar-refractivity contribution in [3.8, 4) is 0 Å². The Hall–Kier alpha value is -2.17. The van der Waals surface area contributed by atoms with E-state index in [0.29, 0.717) is 5.56 Å². The Balaban J connectivity index is 1.66. The third-order valence-electron chi connectivity index (χ3n) is 6.34. The van der Waals surface area contributed by atoms with Crippen LogP contribution in [-0.4, -0.2) is 32.2 Å². The molecule has 2 atom stereocenters. The molecule has 2 aromatic carbocycles. The lowest BCUT2D eigenvalue weighted by atomic mass is 9.72. The standard InChI is InChI=1S/C23H28N2O2/c1-3-16-8-10-17(11-9-16)22(26)25-20-18-6-4-5-7-19(18)23(21(20)27-2)12-14-24-15-13-23/h4-11,20-21,24H,3,12-15H2,1-2H3,(H,25,26)/t20-,21+/m1/s1. The number of hydrogen-bond donors (Lipinski definition) is 2. The molecule has 4 nitrogen and oxygen atoms in total. The average molecular weight is 364 g/mol. The molecule has 1 heterocycles. The highest BCUT2D eigenvalue weighted by Crippen LogP contribution is 2.51. The minimum atomic E-state index is -0.123. The number of carbonyl (C=O) groups excluding carboxylic acids is 1. The molecule has 0 unspecified atom stereocenters. The Morgan fingerprint density at radius 2 is 1.85 bits per heavy atom. The highest BCUT2D eigenvalue weighted by molar-refractivity contribution is 5.94. The van der Waals surface area contributed by atoms with E-state index in [1.807, 2.05) is 24.3 Å². The van der Waals surface area contributed by atoms with Gasteiger partial charge >= 0.3 is 0 Å². The van der Waals surface area contributed by atoms with Crippen LogP contribution in [0.2, 0.25) is 0 Å². The summed E-state index contributed by atoms with van der Waals surface area (Å²) in [5.74, 6) is -0.0366. The number of rotatable bonds is 4. The van der Waals surface area contributed by atoms with Crippen molar-refractivity contribution in [3.63, 3.8) is 0 Å². The highest BCUT2D eigenvalue weighted by Gasteiger charge is 2.53. The van der Waals surface area contributed by atoms with Crippen molar-refractivity contribution in [1.29, 1.82) is 0 Å². The summed E-state index contributed by atoms with van der Waals surface area (Å²) in [4.78, 5) is 13.0. The second-order valence-corrected chi connectivity index (χ2v) is 7.65. The van der Waals surface area contributed by atoms with E-state index in [1.165, 1.54) is 16.7 Å². The maximum absolute atomic E-state index is 13.0. The lowest BCUT2D eigenvalue weighted by Gasteiger charge is -2.40. The zero-order valence-electron chi connectivity index (χ0n) is 16.1. The van der Waals surface area contributed by atoms with Gasteiger partial charge in [-0.2, -0.15) is 0 Å². The lowest BCUT2D eigenvalue weighted by molar-refractivity contribution is 0.00397. The monoisotopic (exact) mass is 364 g/mol. The predicted molar refractivity (Wildman–Crippen MR) is 107 cm³/mol. The average Bonchev–Trinajstić information content (AvgIpc) is 2.97. The Bertz CT molecular complexity index is 809. The third kappa shape index (κ3) is 3.07. The molecule has 2 N–H and O–H groups in total. The summed E-state index contributed by atoms with van der Waals surface area (Å²) < 4.78 is 6.03. The van der Waals surface area contributed by atoms with Gasteiger partial charge in [-0.25, -0.2) is 0 Å². The SMILES string of the molecule is CCc1ccc(C(=O)N[C@@H]2c3ccccc3C3(CCNCC3)[C@H]2OC)cc1. The van der Waals surface area contributed by atoms with Gasteiger partial charge in [-0.15, -0.1) is 0 Å². The molecule has 1 saturated heterocycles. The third-order valence-corrected chi connectivity index (χ3v) is 6.34. The molecule has 2 aromatic rings. The first-order valence-corrected chi connectivity index (χ1v) is 9.92. The summed E-state index contributed by atoms with van der Waals surface area (Å²) in [5, 5.41) is 6.74. The van der Waals surface area contributed by atoms with E-state index < -0.39 is 0 Å². The zero-order valence-corrected chi connectivity index (χ0v) is 16.1. The van der Waals surface area contributed by atoms with E-state index in [1.54, 1.807) is 7.11 Å². The van der Waals surface area contributed by atoms with Gasteiger partial charge in [-0.05, 0) is 61.2 Å². The molecule has 1 amide bonds. The number of fused-ring (bicyclic) bond motifs is 2. The summed E-state index contributed by atoms with van der Waals surface area (Å²) in [7, 11) is 1.77. The second-order valence-electron chi connectivity index (χ2n) is 7.65. The highest BCUT2D eigenvalue weighted by atomic mass is 16.5. The Kier molecular flexibility index (Phi) is 5.02. The van der Waals surface area contributed by atoms with E-state index in [0.717, 1.165) is 32.4 Å². The molecule has 27 heavy (non-hydrogen) atoms. The van der Waals surface area contributed by atoms with Crippen LogP contribution in [0.1, 0.15) is 52.9 Å². The van der Waals surface area contributed by atoms with Crippen LogP contribution in [0.3, 0.4) is 0 Å². The van der Waals surface area contributed by atoms with Gasteiger partial charge in [0.15, 0.2) is 0 Å². The molecule has 4 heteroatoms. The first-order chi connectivity index (χ1) is 13.2. The van der Waals surface area contributed by atoms with Crippen molar-refractivity contribution in [2.75, 3.05) is 20.2 Å². The second kappa shape index (κ2) is 7.45. The normalized spacial score (nSPS) is 23.2. The van der Waals surface area contributed by atoms with Gasteiger partial charge in [0.25, 0.3) is 5.91 Å². The number of aryl methyl sites for hydroxylation is 1. The van der Waals surface area contributed by atoms with Crippen LogP contribution in [0.15, 0.2) is 48.5 Å². The lowest BCUT2D eigenvalue weighted by Crippen LogP contribution is -2.49. The van der Waals surface area contributed by atoms with Crippen LogP contribution in [0.5, 0.6) is 0 Å². The van der Waals surface area contributed by atoms with Crippen LogP contribution >= 0.6 is 0 Å². The number of benzene rings is 2. The van der Waals surface area contributed by atoms with Crippen molar-refractivity contribution >= 4 is 5.91 Å². The minimum Gasteiger partial charge on any atom is -0.378 e. The summed E-state index contributed by atoms with van der Waals surface area (Å²) in [6.45, 7) is 4.08. The molecule has 0 radical (unpaired) electrons. The van der Waals surface area contributed by atoms with Gasteiger partial charge in [-0.3, -0.25) is 4.79 Å². The van der Waals surface area contributed by atoms with Crippen LogP contribution in [0.25, 0.3) is 0 Å². The van der Waals surface area contributed by atoms with Crippen LogP contribution in [0, 0.1) is 0 Å². The Morgan fingerprint density at radius 1 is 1.15 bits per heavy atom. The summed E-state index contributed by atoms with van der Waals surface area (Å²) >= 11 is 0. The summed E-state index contributed by atoms with van der Waals surface area (Å²) in [5.41, 5.74) is 4.45. The van der Waals surface area contributed by atoms with Crippen molar-refractivity contribution in [2.24, 2.45) is 0 Å². The zero-order chi connectivity index (χ0) is 18.9. The van der Waals surface area contributed by atoms with Gasteiger partial charge in [0, 0.05) is 18.1 Å². The van der Waals surface area contributed by atoms with E-state index in [-0.39, 0.29) is 23.5 Å². The Morgan fingerprint density at radius 3 is 2.52 bits per heavy atom. The molecular weight excluding hydrogens is 336 g/mol. The molecule has 0 aromatic heterocycles. The van der Waals surface area contributed by atoms with Crippen LogP contribution < -0.4 is 10.6 Å². The van der Waals surface area contributed by atoms with E-state index in [2.05, 4.69) is 41.8 Å². The molecule has 1 fully saturated rings.